The van der Waals surface area contributed by atoms with Gasteiger partial charge in [0.05, 0.1) is 27.4 Å². The van der Waals surface area contributed by atoms with Crippen molar-refractivity contribution in [2.75, 3.05) is 11.9 Å². The zero-order valence-corrected chi connectivity index (χ0v) is 21.3. The van der Waals surface area contributed by atoms with Crippen LogP contribution in [0.4, 0.5) is 18.9 Å². The molecule has 0 spiro atoms. The van der Waals surface area contributed by atoms with Crippen LogP contribution >= 0.6 is 11.6 Å². The number of amides is 1. The van der Waals surface area contributed by atoms with E-state index >= 15 is 0 Å². The van der Waals surface area contributed by atoms with Crippen molar-refractivity contribution < 1.29 is 44.1 Å². The third-order valence-electron chi connectivity index (χ3n) is 6.71. The number of hydrogen-bond acceptors (Lipinski definition) is 7. The van der Waals surface area contributed by atoms with Crippen LogP contribution in [0.25, 0.3) is 0 Å². The summed E-state index contributed by atoms with van der Waals surface area (Å²) in [5, 5.41) is 16.7. The fraction of sp³-hybridized carbons (Fsp3) is 0.409. The van der Waals surface area contributed by atoms with Gasteiger partial charge >= 0.3 is 10.3 Å². The quantitative estimate of drug-likeness (QED) is 0.424. The highest BCUT2D eigenvalue weighted by atomic mass is 35.5. The molecule has 37 heavy (non-hydrogen) atoms. The molecule has 0 aromatic heterocycles. The highest BCUT2D eigenvalue weighted by Crippen LogP contribution is 2.51. The van der Waals surface area contributed by atoms with Gasteiger partial charge in [-0.05, 0) is 55.7 Å². The van der Waals surface area contributed by atoms with E-state index in [0.29, 0.717) is 25.0 Å². The molecule has 0 heterocycles. The minimum Gasteiger partial charge on any atom is -0.387 e. The molecular weight excluding hydrogens is 561 g/mol. The predicted molar refractivity (Wildman–Crippen MR) is 126 cm³/mol. The van der Waals surface area contributed by atoms with E-state index in [1.807, 2.05) is 0 Å². The maximum absolute atomic E-state index is 13.7. The van der Waals surface area contributed by atoms with Gasteiger partial charge in [-0.1, -0.05) is 11.6 Å². The maximum atomic E-state index is 13.7. The average Bonchev–Trinajstić information content (AvgIpc) is 3.09. The number of hydrogen-bond donors (Lipinski definition) is 3. The first-order chi connectivity index (χ1) is 17.1. The Balaban J connectivity index is 1.58. The number of halogens is 4. The Hall–Kier alpha value is -2.23. The molecule has 0 aliphatic heterocycles. The number of carbonyl (C=O) groups excluding carboxylic acids is 1. The number of carbonyl (C=O) groups is 1. The number of sulfone groups is 1. The Morgan fingerprint density at radius 3 is 2.19 bits per heavy atom. The first-order valence-electron chi connectivity index (χ1n) is 11.0. The summed E-state index contributed by atoms with van der Waals surface area (Å²) in [6.45, 7) is -0.605. The Morgan fingerprint density at radius 2 is 1.65 bits per heavy atom. The number of nitrogens with one attached hydrogen (secondary N) is 1. The van der Waals surface area contributed by atoms with Gasteiger partial charge in [-0.3, -0.25) is 8.98 Å². The second-order valence-electron chi connectivity index (χ2n) is 9.35. The second kappa shape index (κ2) is 9.82. The van der Waals surface area contributed by atoms with Crippen LogP contribution in [0.1, 0.15) is 36.0 Å². The van der Waals surface area contributed by atoms with Gasteiger partial charge in [0.2, 0.25) is 0 Å². The smallest absolute Gasteiger partial charge is 0.333 e. The summed E-state index contributed by atoms with van der Waals surface area (Å²) in [6.07, 6.45) is 0.794. The molecule has 4 atom stereocenters. The topological polar surface area (TPSA) is 153 Å². The average molecular weight is 583 g/mol. The first-order valence-corrected chi connectivity index (χ1v) is 14.4. The molecule has 0 saturated heterocycles. The summed E-state index contributed by atoms with van der Waals surface area (Å²) < 4.78 is 94.3. The lowest BCUT2D eigenvalue weighted by Crippen LogP contribution is -2.49. The van der Waals surface area contributed by atoms with Crippen molar-refractivity contribution in [3.05, 3.63) is 58.4 Å². The van der Waals surface area contributed by atoms with Crippen molar-refractivity contribution in [1.82, 2.24) is 0 Å². The van der Waals surface area contributed by atoms with Crippen LogP contribution in [-0.4, -0.2) is 45.3 Å². The zero-order valence-electron chi connectivity index (χ0n) is 19.0. The molecule has 2 saturated carbocycles. The number of anilines is 1. The molecule has 9 nitrogen and oxygen atoms in total. The van der Waals surface area contributed by atoms with Crippen molar-refractivity contribution in [2.45, 2.75) is 41.4 Å². The Bertz CT molecular complexity index is 1430. The molecule has 2 aromatic carbocycles. The van der Waals surface area contributed by atoms with Crippen LogP contribution in [0.15, 0.2) is 35.2 Å². The number of rotatable bonds is 7. The van der Waals surface area contributed by atoms with Gasteiger partial charge < -0.3 is 10.4 Å². The number of nitrogens with two attached hydrogens (primary N) is 1. The summed E-state index contributed by atoms with van der Waals surface area (Å²) in [6, 6.07) is 4.59. The molecule has 4 N–H and O–H groups in total. The Labute approximate surface area is 215 Å². The van der Waals surface area contributed by atoms with Crippen LogP contribution in [0.5, 0.6) is 0 Å². The molecule has 2 aliphatic carbocycles. The standard InChI is InChI=1S/C22H22ClF3N2O7S2/c23-15-4-3-11(21(29)28-14-6-16(24)19(26)17(25)7-14)5-18(15)36(31,32)20-12-1-2-13(20)9-22(30,8-12)10-35-37(27,33)34/h3-7,12-13,20,30H,1-2,8-10H2,(H,28,29)(H2,27,33,34)/t12-,13?,20+,22+/m0/s1. The Kier molecular flexibility index (Phi) is 7.38. The second-order valence-corrected chi connectivity index (χ2v) is 13.1. The molecule has 0 radical (unpaired) electrons. The van der Waals surface area contributed by atoms with E-state index in [2.05, 4.69) is 9.50 Å². The summed E-state index contributed by atoms with van der Waals surface area (Å²) in [5.74, 6) is -6.75. The molecule has 202 valence electrons. The number of fused-ring (bicyclic) bond motifs is 2. The highest BCUT2D eigenvalue weighted by Gasteiger charge is 2.54. The SMILES string of the molecule is NS(=O)(=O)OC[C@]1(O)CC2CC[C@@H](C1)[C@H]2S(=O)(=O)c1cc(C(=O)Nc2cc(F)c(F)c(F)c2)ccc1Cl. The fourth-order valence-electron chi connectivity index (χ4n) is 5.29. The van der Waals surface area contributed by atoms with Gasteiger partial charge in [0.1, 0.15) is 0 Å². The van der Waals surface area contributed by atoms with E-state index in [9.17, 15) is 39.9 Å². The van der Waals surface area contributed by atoms with Crippen LogP contribution in [0, 0.1) is 29.3 Å². The molecule has 2 aliphatic rings. The summed E-state index contributed by atoms with van der Waals surface area (Å²) >= 11 is 6.19. The molecule has 1 unspecified atom stereocenters. The van der Waals surface area contributed by atoms with Gasteiger partial charge in [0.25, 0.3) is 5.91 Å². The highest BCUT2D eigenvalue weighted by molar-refractivity contribution is 7.92. The van der Waals surface area contributed by atoms with E-state index in [-0.39, 0.29) is 34.0 Å². The van der Waals surface area contributed by atoms with Gasteiger partial charge in [-0.15, -0.1) is 0 Å². The van der Waals surface area contributed by atoms with Gasteiger partial charge in [-0.2, -0.15) is 8.42 Å². The van der Waals surface area contributed by atoms with E-state index in [1.54, 1.807) is 0 Å². The van der Waals surface area contributed by atoms with Crippen molar-refractivity contribution in [3.63, 3.8) is 0 Å². The third-order valence-corrected chi connectivity index (χ3v) is 10.0. The molecule has 2 bridgehead atoms. The third kappa shape index (κ3) is 5.78. The molecule has 4 rings (SSSR count). The first kappa shape index (κ1) is 27.8. The Morgan fingerprint density at radius 1 is 1.08 bits per heavy atom. The van der Waals surface area contributed by atoms with Crippen LogP contribution in [0.3, 0.4) is 0 Å². The molecule has 15 heteroatoms. The fourth-order valence-corrected chi connectivity index (χ4v) is 8.52. The largest absolute Gasteiger partial charge is 0.387 e. The monoisotopic (exact) mass is 582 g/mol. The van der Waals surface area contributed by atoms with Crippen LogP contribution in [0.2, 0.25) is 5.02 Å². The lowest BCUT2D eigenvalue weighted by atomic mass is 9.77. The molecule has 2 aromatic rings. The van der Waals surface area contributed by atoms with Gasteiger partial charge in [-0.25, -0.2) is 26.7 Å². The van der Waals surface area contributed by atoms with Crippen molar-refractivity contribution >= 4 is 43.3 Å². The molecular formula is C22H22ClF3N2O7S2. The lowest BCUT2D eigenvalue weighted by molar-refractivity contribution is -0.0509. The van der Waals surface area contributed by atoms with Crippen molar-refractivity contribution in [3.8, 4) is 0 Å². The van der Waals surface area contributed by atoms with Crippen LogP contribution in [-0.2, 0) is 24.3 Å². The maximum Gasteiger partial charge on any atom is 0.333 e. The summed E-state index contributed by atoms with van der Waals surface area (Å²) in [4.78, 5) is 12.3. The van der Waals surface area contributed by atoms with Crippen LogP contribution < -0.4 is 10.5 Å². The van der Waals surface area contributed by atoms with Crippen molar-refractivity contribution in [1.29, 1.82) is 0 Å². The lowest BCUT2D eigenvalue weighted by Gasteiger charge is -2.40. The van der Waals surface area contributed by atoms with E-state index in [1.165, 1.54) is 12.1 Å². The zero-order chi connectivity index (χ0) is 27.3. The predicted octanol–water partition coefficient (Wildman–Crippen LogP) is 2.92. The number of benzene rings is 2. The minimum atomic E-state index is -4.30. The normalized spacial score (nSPS) is 25.7. The minimum absolute atomic E-state index is 0.0532. The van der Waals surface area contributed by atoms with E-state index in [4.69, 9.17) is 16.7 Å². The van der Waals surface area contributed by atoms with E-state index < -0.39 is 72.8 Å². The summed E-state index contributed by atoms with van der Waals surface area (Å²) in [7, 11) is -8.45. The van der Waals surface area contributed by atoms with Gasteiger partial charge in [0.15, 0.2) is 27.3 Å². The summed E-state index contributed by atoms with van der Waals surface area (Å²) in [5.41, 5.74) is -2.16. The van der Waals surface area contributed by atoms with Crippen molar-refractivity contribution in [2.24, 2.45) is 17.0 Å². The van der Waals surface area contributed by atoms with E-state index in [0.717, 1.165) is 6.07 Å². The molecule has 1 amide bonds. The van der Waals surface area contributed by atoms with Gasteiger partial charge in [0, 0.05) is 23.4 Å². The molecule has 2 fully saturated rings. The number of aliphatic hydroxyl groups is 1.